The van der Waals surface area contributed by atoms with Gasteiger partial charge in [-0.3, -0.25) is 4.79 Å². The fraction of sp³-hybridized carbons (Fsp3) is 0.0625. The van der Waals surface area contributed by atoms with Crippen LogP contribution >= 0.6 is 46.1 Å². The molecular formula is C16H10Cl3NO2S. The first-order valence-electron chi connectivity index (χ1n) is 6.52. The van der Waals surface area contributed by atoms with Crippen LogP contribution in [0.15, 0.2) is 36.4 Å². The molecule has 3 nitrogen and oxygen atoms in total. The number of thiophene rings is 1. The van der Waals surface area contributed by atoms with E-state index in [1.807, 2.05) is 6.07 Å². The molecule has 23 heavy (non-hydrogen) atoms. The van der Waals surface area contributed by atoms with Gasteiger partial charge in [0.25, 0.3) is 5.91 Å². The lowest BCUT2D eigenvalue weighted by atomic mass is 10.2. The summed E-state index contributed by atoms with van der Waals surface area (Å²) in [5.74, 6) is 0.243. The average molecular weight is 387 g/mol. The number of rotatable bonds is 3. The Bertz CT molecular complexity index is 908. The highest BCUT2D eigenvalue weighted by Gasteiger charge is 2.20. The lowest BCUT2D eigenvalue weighted by Gasteiger charge is -2.09. The van der Waals surface area contributed by atoms with E-state index in [2.05, 4.69) is 5.32 Å². The summed E-state index contributed by atoms with van der Waals surface area (Å²) in [6.45, 7) is 0. The van der Waals surface area contributed by atoms with E-state index in [4.69, 9.17) is 39.5 Å². The van der Waals surface area contributed by atoms with Gasteiger partial charge >= 0.3 is 0 Å². The molecule has 0 aliphatic heterocycles. The number of carbonyl (C=O) groups is 1. The molecule has 1 heterocycles. The van der Waals surface area contributed by atoms with E-state index in [1.54, 1.807) is 37.4 Å². The molecule has 1 aromatic heterocycles. The predicted molar refractivity (Wildman–Crippen MR) is 97.8 cm³/mol. The summed E-state index contributed by atoms with van der Waals surface area (Å²) in [6.07, 6.45) is 0. The number of amides is 1. The highest BCUT2D eigenvalue weighted by Crippen LogP contribution is 2.41. The lowest BCUT2D eigenvalue weighted by molar-refractivity contribution is 0.103. The highest BCUT2D eigenvalue weighted by molar-refractivity contribution is 7.21. The number of fused-ring (bicyclic) bond motifs is 1. The minimum absolute atomic E-state index is 0.319. The van der Waals surface area contributed by atoms with E-state index in [9.17, 15) is 4.79 Å². The molecule has 1 N–H and O–H groups in total. The summed E-state index contributed by atoms with van der Waals surface area (Å²) in [6, 6.07) is 10.5. The zero-order valence-electron chi connectivity index (χ0n) is 11.8. The van der Waals surface area contributed by atoms with Gasteiger partial charge in [0.2, 0.25) is 0 Å². The Labute approximate surface area is 151 Å². The van der Waals surface area contributed by atoms with Crippen molar-refractivity contribution >= 4 is 67.8 Å². The van der Waals surface area contributed by atoms with Gasteiger partial charge < -0.3 is 10.1 Å². The molecule has 7 heteroatoms. The molecule has 0 bridgehead atoms. The number of anilines is 1. The summed E-state index contributed by atoms with van der Waals surface area (Å²) in [5.41, 5.74) is 0.567. The van der Waals surface area contributed by atoms with E-state index in [1.165, 1.54) is 11.3 Å². The van der Waals surface area contributed by atoms with Crippen molar-refractivity contribution in [1.82, 2.24) is 0 Å². The van der Waals surface area contributed by atoms with Crippen LogP contribution in [0.5, 0.6) is 5.75 Å². The fourth-order valence-electron chi connectivity index (χ4n) is 2.18. The Kier molecular flexibility index (Phi) is 4.69. The number of benzene rings is 2. The first kappa shape index (κ1) is 16.4. The van der Waals surface area contributed by atoms with Crippen molar-refractivity contribution in [1.29, 1.82) is 0 Å². The minimum atomic E-state index is -0.326. The van der Waals surface area contributed by atoms with Crippen LogP contribution in [0.4, 0.5) is 5.69 Å². The van der Waals surface area contributed by atoms with Crippen molar-refractivity contribution in [3.63, 3.8) is 0 Å². The number of carbonyl (C=O) groups excluding carboxylic acids is 1. The van der Waals surface area contributed by atoms with E-state index in [-0.39, 0.29) is 5.91 Å². The molecule has 3 aromatic rings. The monoisotopic (exact) mass is 385 g/mol. The normalized spacial score (nSPS) is 10.8. The van der Waals surface area contributed by atoms with Gasteiger partial charge in [-0.15, -0.1) is 11.3 Å². The van der Waals surface area contributed by atoms with Gasteiger partial charge in [-0.1, -0.05) is 46.9 Å². The van der Waals surface area contributed by atoms with Crippen molar-refractivity contribution in [2.24, 2.45) is 0 Å². The summed E-state index contributed by atoms with van der Waals surface area (Å²) < 4.78 is 5.98. The predicted octanol–water partition coefficient (Wildman–Crippen LogP) is 6.12. The molecule has 0 aliphatic carbocycles. The Morgan fingerprint density at radius 1 is 1.17 bits per heavy atom. The lowest BCUT2D eigenvalue weighted by Crippen LogP contribution is -2.11. The van der Waals surface area contributed by atoms with Gasteiger partial charge in [0.1, 0.15) is 10.6 Å². The van der Waals surface area contributed by atoms with Crippen LogP contribution in [0.1, 0.15) is 9.67 Å². The maximum Gasteiger partial charge on any atom is 0.267 e. The van der Waals surface area contributed by atoms with E-state index in [0.29, 0.717) is 36.8 Å². The smallest absolute Gasteiger partial charge is 0.267 e. The van der Waals surface area contributed by atoms with Crippen LogP contribution in [0.2, 0.25) is 15.1 Å². The number of nitrogens with one attached hydrogen (secondary N) is 1. The third-order valence-electron chi connectivity index (χ3n) is 3.21. The van der Waals surface area contributed by atoms with Crippen LogP contribution in [-0.4, -0.2) is 13.0 Å². The topological polar surface area (TPSA) is 38.3 Å². The van der Waals surface area contributed by atoms with Gasteiger partial charge in [-0.2, -0.15) is 0 Å². The quantitative estimate of drug-likeness (QED) is 0.588. The molecule has 0 aliphatic rings. The van der Waals surface area contributed by atoms with Gasteiger partial charge in [-0.25, -0.2) is 0 Å². The second-order valence-electron chi connectivity index (χ2n) is 4.66. The SMILES string of the molecule is COc1ccccc1NC(=O)c1sc2cc(Cl)cc(Cl)c2c1Cl. The third kappa shape index (κ3) is 3.12. The summed E-state index contributed by atoms with van der Waals surface area (Å²) in [5, 5.41) is 4.67. The molecule has 0 saturated heterocycles. The Morgan fingerprint density at radius 3 is 2.65 bits per heavy atom. The number of halogens is 3. The number of ether oxygens (including phenoxy) is 1. The Balaban J connectivity index is 2.01. The minimum Gasteiger partial charge on any atom is -0.495 e. The molecular weight excluding hydrogens is 377 g/mol. The third-order valence-corrected chi connectivity index (χ3v) is 5.35. The van der Waals surface area contributed by atoms with Crippen LogP contribution in [0.25, 0.3) is 10.1 Å². The molecule has 0 radical (unpaired) electrons. The average Bonchev–Trinajstić information content (AvgIpc) is 2.84. The van der Waals surface area contributed by atoms with Crippen molar-refractivity contribution in [3.8, 4) is 5.75 Å². The standard InChI is InChI=1S/C16H10Cl3NO2S/c1-22-11-5-3-2-4-10(11)20-16(21)15-14(19)13-9(18)6-8(17)7-12(13)23-15/h2-7H,1H3,(H,20,21). The van der Waals surface area contributed by atoms with Crippen molar-refractivity contribution < 1.29 is 9.53 Å². The second kappa shape index (κ2) is 6.57. The van der Waals surface area contributed by atoms with Crippen molar-refractivity contribution in [2.45, 2.75) is 0 Å². The molecule has 0 spiro atoms. The first-order chi connectivity index (χ1) is 11.0. The molecule has 0 fully saturated rings. The van der Waals surface area contributed by atoms with Crippen LogP contribution in [0, 0.1) is 0 Å². The van der Waals surface area contributed by atoms with Gasteiger partial charge in [0.15, 0.2) is 0 Å². The van der Waals surface area contributed by atoms with Gasteiger partial charge in [0, 0.05) is 15.1 Å². The Morgan fingerprint density at radius 2 is 1.91 bits per heavy atom. The zero-order chi connectivity index (χ0) is 16.6. The molecule has 0 atom stereocenters. The maximum atomic E-state index is 12.6. The molecule has 0 unspecified atom stereocenters. The largest absolute Gasteiger partial charge is 0.495 e. The van der Waals surface area contributed by atoms with E-state index < -0.39 is 0 Å². The maximum absolute atomic E-state index is 12.6. The molecule has 0 saturated carbocycles. The van der Waals surface area contributed by atoms with E-state index in [0.717, 1.165) is 4.70 Å². The number of hydrogen-bond donors (Lipinski definition) is 1. The number of methoxy groups -OCH3 is 1. The van der Waals surface area contributed by atoms with Crippen molar-refractivity contribution in [3.05, 3.63) is 56.3 Å². The van der Waals surface area contributed by atoms with Gasteiger partial charge in [-0.05, 0) is 24.3 Å². The number of hydrogen-bond acceptors (Lipinski definition) is 3. The van der Waals surface area contributed by atoms with Crippen LogP contribution in [-0.2, 0) is 0 Å². The molecule has 2 aromatic carbocycles. The van der Waals surface area contributed by atoms with Crippen molar-refractivity contribution in [2.75, 3.05) is 12.4 Å². The highest BCUT2D eigenvalue weighted by atomic mass is 35.5. The molecule has 3 rings (SSSR count). The molecule has 118 valence electrons. The summed E-state index contributed by atoms with van der Waals surface area (Å²) in [7, 11) is 1.54. The molecule has 1 amide bonds. The fourth-order valence-corrected chi connectivity index (χ4v) is 4.46. The Hall–Kier alpha value is -1.46. The summed E-state index contributed by atoms with van der Waals surface area (Å²) in [4.78, 5) is 12.9. The first-order valence-corrected chi connectivity index (χ1v) is 8.47. The van der Waals surface area contributed by atoms with E-state index >= 15 is 0 Å². The summed E-state index contributed by atoms with van der Waals surface area (Å²) >= 11 is 19.8. The zero-order valence-corrected chi connectivity index (χ0v) is 14.9. The van der Waals surface area contributed by atoms with Crippen LogP contribution in [0.3, 0.4) is 0 Å². The van der Waals surface area contributed by atoms with Crippen LogP contribution < -0.4 is 10.1 Å². The van der Waals surface area contributed by atoms with Gasteiger partial charge in [0.05, 0.1) is 22.8 Å². The second-order valence-corrected chi connectivity index (χ2v) is 6.93. The number of para-hydroxylation sites is 2.